The first kappa shape index (κ1) is 16.2. The fourth-order valence-electron chi connectivity index (χ4n) is 2.61. The van der Waals surface area contributed by atoms with Gasteiger partial charge in [0.2, 0.25) is 0 Å². The van der Waals surface area contributed by atoms with Crippen LogP contribution in [0.1, 0.15) is 15.9 Å². The summed E-state index contributed by atoms with van der Waals surface area (Å²) in [5.74, 6) is 0.528. The highest BCUT2D eigenvalue weighted by molar-refractivity contribution is 6.30. The van der Waals surface area contributed by atoms with Gasteiger partial charge in [-0.15, -0.1) is 10.2 Å². The molecule has 0 aliphatic rings. The van der Waals surface area contributed by atoms with Crippen molar-refractivity contribution in [2.45, 2.75) is 6.54 Å². The highest BCUT2D eigenvalue weighted by Crippen LogP contribution is 2.21. The highest BCUT2D eigenvalue weighted by atomic mass is 35.5. The van der Waals surface area contributed by atoms with Crippen LogP contribution in [-0.2, 0) is 6.54 Å². The smallest absolute Gasteiger partial charge is 0.251 e. The molecule has 1 N–H and O–H groups in total. The minimum absolute atomic E-state index is 0.166. The molecule has 0 saturated heterocycles. The number of carbonyl (C=O) groups excluding carboxylic acids is 1. The van der Waals surface area contributed by atoms with Crippen molar-refractivity contribution < 1.29 is 4.79 Å². The van der Waals surface area contributed by atoms with E-state index in [1.807, 2.05) is 28.7 Å². The number of halogens is 1. The van der Waals surface area contributed by atoms with E-state index in [1.165, 1.54) is 0 Å². The average Bonchev–Trinajstić information content (AvgIpc) is 3.11. The molecule has 3 heterocycles. The van der Waals surface area contributed by atoms with Gasteiger partial charge < -0.3 is 5.32 Å². The van der Waals surface area contributed by atoms with Gasteiger partial charge in [-0.05, 0) is 54.1 Å². The molecule has 0 fully saturated rings. The van der Waals surface area contributed by atoms with Crippen LogP contribution in [0.15, 0.2) is 67.1 Å². The average molecular weight is 364 g/mol. The number of fused-ring (bicyclic) bond motifs is 1. The summed E-state index contributed by atoms with van der Waals surface area (Å²) >= 11 is 5.93. The second-order valence-corrected chi connectivity index (χ2v) is 6.15. The van der Waals surface area contributed by atoms with Gasteiger partial charge in [-0.3, -0.25) is 14.2 Å². The number of amides is 1. The molecular formula is C19H14ClN5O. The summed E-state index contributed by atoms with van der Waals surface area (Å²) in [6.07, 6.45) is 5.19. The van der Waals surface area contributed by atoms with E-state index in [-0.39, 0.29) is 5.91 Å². The SMILES string of the molecule is O=C(NCc1ccncc1)c1ccn2c(-c3ccc(Cl)cc3)nnc2c1. The van der Waals surface area contributed by atoms with Gasteiger partial charge in [0.05, 0.1) is 0 Å². The van der Waals surface area contributed by atoms with Crippen LogP contribution in [0.25, 0.3) is 17.0 Å². The quantitative estimate of drug-likeness (QED) is 0.603. The zero-order valence-electron chi connectivity index (χ0n) is 13.6. The maximum atomic E-state index is 12.4. The zero-order valence-corrected chi connectivity index (χ0v) is 14.4. The summed E-state index contributed by atoms with van der Waals surface area (Å²) in [5, 5.41) is 11.9. The van der Waals surface area contributed by atoms with Crippen molar-refractivity contribution in [3.05, 3.63) is 83.3 Å². The molecule has 4 aromatic rings. The molecule has 0 bridgehead atoms. The minimum atomic E-state index is -0.166. The number of rotatable bonds is 4. The van der Waals surface area contributed by atoms with Gasteiger partial charge in [0.25, 0.3) is 5.91 Å². The van der Waals surface area contributed by atoms with Crippen LogP contribution in [0, 0.1) is 0 Å². The predicted molar refractivity (Wildman–Crippen MR) is 98.8 cm³/mol. The Balaban J connectivity index is 1.56. The fourth-order valence-corrected chi connectivity index (χ4v) is 2.74. The van der Waals surface area contributed by atoms with E-state index in [1.54, 1.807) is 42.9 Å². The van der Waals surface area contributed by atoms with E-state index >= 15 is 0 Å². The van der Waals surface area contributed by atoms with Gasteiger partial charge in [-0.2, -0.15) is 0 Å². The number of carbonyl (C=O) groups is 1. The third-order valence-corrected chi connectivity index (χ3v) is 4.23. The highest BCUT2D eigenvalue weighted by Gasteiger charge is 2.11. The molecule has 4 rings (SSSR count). The molecule has 26 heavy (non-hydrogen) atoms. The lowest BCUT2D eigenvalue weighted by Crippen LogP contribution is -2.22. The molecule has 1 amide bonds. The second kappa shape index (κ2) is 6.93. The number of hydrogen-bond acceptors (Lipinski definition) is 4. The molecular weight excluding hydrogens is 350 g/mol. The molecule has 0 aliphatic heterocycles. The number of nitrogens with zero attached hydrogens (tertiary/aromatic N) is 4. The third-order valence-electron chi connectivity index (χ3n) is 3.98. The molecule has 0 radical (unpaired) electrons. The Bertz CT molecular complexity index is 1060. The van der Waals surface area contributed by atoms with Gasteiger partial charge in [-0.25, -0.2) is 0 Å². The number of nitrogens with one attached hydrogen (secondary N) is 1. The summed E-state index contributed by atoms with van der Waals surface area (Å²) in [6, 6.07) is 14.6. The lowest BCUT2D eigenvalue weighted by atomic mass is 10.2. The van der Waals surface area contributed by atoms with E-state index in [4.69, 9.17) is 11.6 Å². The van der Waals surface area contributed by atoms with Crippen LogP contribution in [-0.4, -0.2) is 25.5 Å². The minimum Gasteiger partial charge on any atom is -0.348 e. The van der Waals surface area contributed by atoms with Crippen LogP contribution < -0.4 is 5.32 Å². The number of hydrogen-bond donors (Lipinski definition) is 1. The summed E-state index contributed by atoms with van der Waals surface area (Å²) in [7, 11) is 0. The Morgan fingerprint density at radius 3 is 2.58 bits per heavy atom. The number of benzene rings is 1. The van der Waals surface area contributed by atoms with Crippen molar-refractivity contribution >= 4 is 23.2 Å². The molecule has 128 valence electrons. The normalized spacial score (nSPS) is 10.8. The monoisotopic (exact) mass is 363 g/mol. The van der Waals surface area contributed by atoms with Crippen molar-refractivity contribution in [3.63, 3.8) is 0 Å². The first-order valence-corrected chi connectivity index (χ1v) is 8.36. The van der Waals surface area contributed by atoms with Crippen LogP contribution in [0.5, 0.6) is 0 Å². The number of aromatic nitrogens is 4. The van der Waals surface area contributed by atoms with Gasteiger partial charge in [0, 0.05) is 41.3 Å². The third kappa shape index (κ3) is 3.27. The van der Waals surface area contributed by atoms with Crippen LogP contribution in [0.4, 0.5) is 0 Å². The van der Waals surface area contributed by atoms with E-state index in [9.17, 15) is 4.79 Å². The van der Waals surface area contributed by atoms with Crippen molar-refractivity contribution in [1.29, 1.82) is 0 Å². The van der Waals surface area contributed by atoms with Crippen molar-refractivity contribution in [3.8, 4) is 11.4 Å². The summed E-state index contributed by atoms with van der Waals surface area (Å²) in [6.45, 7) is 0.440. The van der Waals surface area contributed by atoms with Crippen molar-refractivity contribution in [2.75, 3.05) is 0 Å². The van der Waals surface area contributed by atoms with E-state index in [0.29, 0.717) is 28.6 Å². The van der Waals surface area contributed by atoms with Gasteiger partial charge in [0.15, 0.2) is 11.5 Å². The first-order chi connectivity index (χ1) is 12.7. The van der Waals surface area contributed by atoms with E-state index in [0.717, 1.165) is 11.1 Å². The van der Waals surface area contributed by atoms with Gasteiger partial charge in [0.1, 0.15) is 0 Å². The second-order valence-electron chi connectivity index (χ2n) is 5.71. The zero-order chi connectivity index (χ0) is 17.9. The maximum Gasteiger partial charge on any atom is 0.251 e. The molecule has 7 heteroatoms. The summed E-state index contributed by atoms with van der Waals surface area (Å²) in [4.78, 5) is 16.3. The standard InChI is InChI=1S/C19H14ClN5O/c20-16-3-1-14(2-4-16)18-24-23-17-11-15(7-10-25(17)18)19(26)22-12-13-5-8-21-9-6-13/h1-11H,12H2,(H,22,26). The largest absolute Gasteiger partial charge is 0.348 e. The lowest BCUT2D eigenvalue weighted by Gasteiger charge is -2.06. The van der Waals surface area contributed by atoms with Crippen LogP contribution in [0.3, 0.4) is 0 Å². The van der Waals surface area contributed by atoms with Gasteiger partial charge in [-0.1, -0.05) is 11.6 Å². The van der Waals surface area contributed by atoms with E-state index < -0.39 is 0 Å². The molecule has 0 saturated carbocycles. The number of pyridine rings is 2. The predicted octanol–water partition coefficient (Wildman–Crippen LogP) is 3.37. The van der Waals surface area contributed by atoms with Gasteiger partial charge >= 0.3 is 0 Å². The Labute approximate surface area is 154 Å². The van der Waals surface area contributed by atoms with Crippen LogP contribution in [0.2, 0.25) is 5.02 Å². The fraction of sp³-hybridized carbons (Fsp3) is 0.0526. The van der Waals surface area contributed by atoms with Crippen LogP contribution >= 0.6 is 11.6 Å². The lowest BCUT2D eigenvalue weighted by molar-refractivity contribution is 0.0951. The molecule has 0 atom stereocenters. The Kier molecular flexibility index (Phi) is 4.33. The molecule has 1 aromatic carbocycles. The van der Waals surface area contributed by atoms with Crippen molar-refractivity contribution in [1.82, 2.24) is 24.9 Å². The molecule has 6 nitrogen and oxygen atoms in total. The summed E-state index contributed by atoms with van der Waals surface area (Å²) < 4.78 is 1.84. The Morgan fingerprint density at radius 2 is 1.81 bits per heavy atom. The Morgan fingerprint density at radius 1 is 1.04 bits per heavy atom. The maximum absolute atomic E-state index is 12.4. The molecule has 0 spiro atoms. The van der Waals surface area contributed by atoms with E-state index in [2.05, 4.69) is 20.5 Å². The molecule has 0 unspecified atom stereocenters. The Hall–Kier alpha value is -3.25. The first-order valence-electron chi connectivity index (χ1n) is 7.98. The molecule has 0 aliphatic carbocycles. The molecule has 3 aromatic heterocycles. The van der Waals surface area contributed by atoms with Crippen molar-refractivity contribution in [2.24, 2.45) is 0 Å². The topological polar surface area (TPSA) is 72.2 Å². The summed E-state index contributed by atoms with van der Waals surface area (Å²) in [5.41, 5.74) is 3.02.